The summed E-state index contributed by atoms with van der Waals surface area (Å²) in [7, 11) is 0. The van der Waals surface area contributed by atoms with Gasteiger partial charge in [-0.25, -0.2) is 0 Å². The lowest BCUT2D eigenvalue weighted by Crippen LogP contribution is -2.02. The number of hydrogen-bond donors (Lipinski definition) is 1. The molecule has 0 atom stereocenters. The molecule has 0 radical (unpaired) electrons. The Balaban J connectivity index is 2.27. The molecular formula is C11H13ClN2O2S. The van der Waals surface area contributed by atoms with Crippen molar-refractivity contribution in [1.29, 1.82) is 0 Å². The van der Waals surface area contributed by atoms with E-state index in [4.69, 9.17) is 21.4 Å². The third kappa shape index (κ3) is 2.86. The maximum atomic E-state index is 8.66. The number of ether oxygens (including phenoxy) is 1. The molecule has 17 heavy (non-hydrogen) atoms. The number of thiophene rings is 1. The molecule has 0 fully saturated rings. The number of fused-ring (bicyclic) bond motifs is 1. The van der Waals surface area contributed by atoms with Crippen LogP contribution in [0.1, 0.15) is 18.2 Å². The minimum atomic E-state index is 0.0922. The van der Waals surface area contributed by atoms with Crippen molar-refractivity contribution in [1.82, 2.24) is 9.97 Å². The largest absolute Gasteiger partial charge is 0.463 e. The summed E-state index contributed by atoms with van der Waals surface area (Å²) < 4.78 is 5.32. The van der Waals surface area contributed by atoms with Crippen molar-refractivity contribution >= 4 is 33.2 Å². The first-order chi connectivity index (χ1) is 8.24. The standard InChI is InChI=1S/C11H13ClN2O2S/c1-2-7-6-8-9(12)13-11(14-10(8)17-7)16-5-3-4-15/h6,15H,2-5H2,1H3. The smallest absolute Gasteiger partial charge is 0.319 e. The third-order valence-electron chi connectivity index (χ3n) is 2.26. The number of halogens is 1. The van der Waals surface area contributed by atoms with Crippen molar-refractivity contribution in [3.63, 3.8) is 0 Å². The van der Waals surface area contributed by atoms with Gasteiger partial charge in [0.15, 0.2) is 0 Å². The Bertz CT molecular complexity index is 515. The highest BCUT2D eigenvalue weighted by Crippen LogP contribution is 2.30. The predicted octanol–water partition coefficient (Wildman–Crippen LogP) is 2.67. The third-order valence-corrected chi connectivity index (χ3v) is 3.72. The van der Waals surface area contributed by atoms with Crippen LogP contribution in [0.25, 0.3) is 10.2 Å². The van der Waals surface area contributed by atoms with E-state index in [2.05, 4.69) is 16.9 Å². The van der Waals surface area contributed by atoms with Gasteiger partial charge in [0.05, 0.1) is 6.61 Å². The van der Waals surface area contributed by atoms with Crippen LogP contribution in [0.3, 0.4) is 0 Å². The summed E-state index contributed by atoms with van der Waals surface area (Å²) in [5, 5.41) is 9.96. The molecule has 0 spiro atoms. The van der Waals surface area contributed by atoms with Crippen molar-refractivity contribution in [2.45, 2.75) is 19.8 Å². The van der Waals surface area contributed by atoms with Gasteiger partial charge in [0, 0.05) is 23.3 Å². The molecule has 0 aliphatic carbocycles. The van der Waals surface area contributed by atoms with Gasteiger partial charge in [0.25, 0.3) is 0 Å². The van der Waals surface area contributed by atoms with Gasteiger partial charge < -0.3 is 9.84 Å². The van der Waals surface area contributed by atoms with Gasteiger partial charge in [-0.15, -0.1) is 11.3 Å². The van der Waals surface area contributed by atoms with E-state index >= 15 is 0 Å². The summed E-state index contributed by atoms with van der Waals surface area (Å²) in [5.41, 5.74) is 0. The van der Waals surface area contributed by atoms with Crippen molar-refractivity contribution in [2.24, 2.45) is 0 Å². The second kappa shape index (κ2) is 5.62. The molecule has 4 nitrogen and oxygen atoms in total. The minimum absolute atomic E-state index is 0.0922. The highest BCUT2D eigenvalue weighted by molar-refractivity contribution is 7.18. The van der Waals surface area contributed by atoms with Crippen LogP contribution in [0, 0.1) is 0 Å². The molecular weight excluding hydrogens is 260 g/mol. The van der Waals surface area contributed by atoms with Crippen molar-refractivity contribution in [3.8, 4) is 6.01 Å². The Morgan fingerprint density at radius 3 is 3.00 bits per heavy atom. The van der Waals surface area contributed by atoms with E-state index in [-0.39, 0.29) is 12.6 Å². The second-order valence-electron chi connectivity index (χ2n) is 3.51. The zero-order chi connectivity index (χ0) is 12.3. The molecule has 6 heteroatoms. The van der Waals surface area contributed by atoms with Crippen LogP contribution in [0.15, 0.2) is 6.07 Å². The predicted molar refractivity (Wildman–Crippen MR) is 69.0 cm³/mol. The molecule has 2 rings (SSSR count). The number of aliphatic hydroxyl groups is 1. The van der Waals surface area contributed by atoms with Crippen molar-refractivity contribution in [3.05, 3.63) is 16.1 Å². The van der Waals surface area contributed by atoms with Crippen LogP contribution in [-0.4, -0.2) is 28.3 Å². The summed E-state index contributed by atoms with van der Waals surface area (Å²) in [6, 6.07) is 2.29. The fourth-order valence-corrected chi connectivity index (χ4v) is 2.62. The van der Waals surface area contributed by atoms with E-state index in [9.17, 15) is 0 Å². The fourth-order valence-electron chi connectivity index (χ4n) is 1.39. The number of hydrogen-bond acceptors (Lipinski definition) is 5. The van der Waals surface area contributed by atoms with E-state index in [1.54, 1.807) is 11.3 Å². The van der Waals surface area contributed by atoms with E-state index < -0.39 is 0 Å². The lowest BCUT2D eigenvalue weighted by molar-refractivity contribution is 0.225. The highest BCUT2D eigenvalue weighted by Gasteiger charge is 2.10. The maximum absolute atomic E-state index is 8.66. The van der Waals surface area contributed by atoms with Gasteiger partial charge in [0.2, 0.25) is 0 Å². The summed E-state index contributed by atoms with van der Waals surface area (Å²) >= 11 is 7.67. The minimum Gasteiger partial charge on any atom is -0.463 e. The van der Waals surface area contributed by atoms with Crippen molar-refractivity contribution < 1.29 is 9.84 Å². The van der Waals surface area contributed by atoms with Gasteiger partial charge in [-0.2, -0.15) is 9.97 Å². The first kappa shape index (κ1) is 12.5. The first-order valence-corrected chi connectivity index (χ1v) is 6.63. The molecule has 2 aromatic rings. The average molecular weight is 273 g/mol. The summed E-state index contributed by atoms with van der Waals surface area (Å²) in [6.07, 6.45) is 1.52. The number of rotatable bonds is 5. The molecule has 0 aliphatic rings. The van der Waals surface area contributed by atoms with Gasteiger partial charge in [0.1, 0.15) is 9.98 Å². The monoisotopic (exact) mass is 272 g/mol. The average Bonchev–Trinajstić information content (AvgIpc) is 2.73. The van der Waals surface area contributed by atoms with Crippen LogP contribution in [-0.2, 0) is 6.42 Å². The van der Waals surface area contributed by atoms with Crippen LogP contribution in [0.5, 0.6) is 6.01 Å². The van der Waals surface area contributed by atoms with E-state index in [0.29, 0.717) is 18.2 Å². The number of nitrogens with zero attached hydrogens (tertiary/aromatic N) is 2. The Labute approximate surface area is 108 Å². The van der Waals surface area contributed by atoms with Crippen LogP contribution < -0.4 is 4.74 Å². The van der Waals surface area contributed by atoms with Gasteiger partial charge in [-0.05, 0) is 12.5 Å². The number of aryl methyl sites for hydroxylation is 1. The molecule has 0 aliphatic heterocycles. The maximum Gasteiger partial charge on any atom is 0.319 e. The number of aliphatic hydroxyl groups excluding tert-OH is 1. The molecule has 92 valence electrons. The summed E-state index contributed by atoms with van der Waals surface area (Å²) in [5.74, 6) is 0. The van der Waals surface area contributed by atoms with E-state index in [1.165, 1.54) is 4.88 Å². The van der Waals surface area contributed by atoms with Gasteiger partial charge in [-0.1, -0.05) is 18.5 Å². The van der Waals surface area contributed by atoms with Gasteiger partial charge in [-0.3, -0.25) is 0 Å². The molecule has 0 saturated carbocycles. The quantitative estimate of drug-likeness (QED) is 0.672. The molecule has 1 N–H and O–H groups in total. The molecule has 0 bridgehead atoms. The Morgan fingerprint density at radius 1 is 1.47 bits per heavy atom. The Kier molecular flexibility index (Phi) is 4.15. The number of aromatic nitrogens is 2. The lowest BCUT2D eigenvalue weighted by atomic mass is 10.3. The summed E-state index contributed by atoms with van der Waals surface area (Å²) in [6.45, 7) is 2.57. The fraction of sp³-hybridized carbons (Fsp3) is 0.455. The molecule has 0 aromatic carbocycles. The topological polar surface area (TPSA) is 55.2 Å². The SMILES string of the molecule is CCc1cc2c(Cl)nc(OCCCO)nc2s1. The zero-order valence-corrected chi connectivity index (χ0v) is 11.0. The molecule has 0 saturated heterocycles. The van der Waals surface area contributed by atoms with Crippen LogP contribution in [0.2, 0.25) is 5.15 Å². The van der Waals surface area contributed by atoms with E-state index in [1.807, 2.05) is 6.07 Å². The molecule has 2 aromatic heterocycles. The van der Waals surface area contributed by atoms with E-state index in [0.717, 1.165) is 16.6 Å². The van der Waals surface area contributed by atoms with Crippen LogP contribution in [0.4, 0.5) is 0 Å². The van der Waals surface area contributed by atoms with Gasteiger partial charge >= 0.3 is 6.01 Å². The molecule has 0 unspecified atom stereocenters. The molecule has 2 heterocycles. The Hall–Kier alpha value is -0.910. The molecule has 0 amide bonds. The first-order valence-electron chi connectivity index (χ1n) is 5.44. The zero-order valence-electron chi connectivity index (χ0n) is 9.44. The second-order valence-corrected chi connectivity index (χ2v) is 4.98. The normalized spacial score (nSPS) is 11.0. The Morgan fingerprint density at radius 2 is 2.29 bits per heavy atom. The highest BCUT2D eigenvalue weighted by atomic mass is 35.5. The summed E-state index contributed by atoms with van der Waals surface area (Å²) in [4.78, 5) is 10.4. The van der Waals surface area contributed by atoms with Crippen molar-refractivity contribution in [2.75, 3.05) is 13.2 Å². The van der Waals surface area contributed by atoms with Crippen LogP contribution >= 0.6 is 22.9 Å². The lowest BCUT2D eigenvalue weighted by Gasteiger charge is -2.03.